The predicted octanol–water partition coefficient (Wildman–Crippen LogP) is 0.104. The standard InChI is InChI=1S/C13H16N2O3/c1-18-13-3-2-9(5-14)4-10(13)6-15-7-11(16)12(17)8-15/h2-4,11-12,16-17H,6-8H2,1H3. The van der Waals surface area contributed by atoms with Crippen molar-refractivity contribution in [2.24, 2.45) is 0 Å². The Morgan fingerprint density at radius 2 is 2.06 bits per heavy atom. The highest BCUT2D eigenvalue weighted by Crippen LogP contribution is 2.23. The van der Waals surface area contributed by atoms with E-state index in [1.807, 2.05) is 4.90 Å². The smallest absolute Gasteiger partial charge is 0.123 e. The molecule has 0 saturated carbocycles. The van der Waals surface area contributed by atoms with Gasteiger partial charge in [-0.3, -0.25) is 4.90 Å². The number of aliphatic hydroxyl groups excluding tert-OH is 2. The molecule has 18 heavy (non-hydrogen) atoms. The molecule has 0 bridgehead atoms. The number of likely N-dealkylation sites (tertiary alicyclic amines) is 1. The summed E-state index contributed by atoms with van der Waals surface area (Å²) in [5, 5.41) is 27.9. The number of ether oxygens (including phenoxy) is 1. The van der Waals surface area contributed by atoms with Crippen molar-refractivity contribution in [2.75, 3.05) is 20.2 Å². The molecule has 1 aliphatic rings. The molecule has 1 fully saturated rings. The lowest BCUT2D eigenvalue weighted by Crippen LogP contribution is -2.22. The van der Waals surface area contributed by atoms with Gasteiger partial charge in [0.2, 0.25) is 0 Å². The Labute approximate surface area is 106 Å². The van der Waals surface area contributed by atoms with E-state index in [0.717, 1.165) is 5.56 Å². The second-order valence-corrected chi connectivity index (χ2v) is 4.47. The summed E-state index contributed by atoms with van der Waals surface area (Å²) < 4.78 is 5.25. The van der Waals surface area contributed by atoms with E-state index in [0.29, 0.717) is 30.9 Å². The lowest BCUT2D eigenvalue weighted by atomic mass is 10.1. The van der Waals surface area contributed by atoms with Gasteiger partial charge in [-0.1, -0.05) is 0 Å². The van der Waals surface area contributed by atoms with Crippen molar-refractivity contribution in [1.29, 1.82) is 5.26 Å². The Morgan fingerprint density at radius 3 is 2.61 bits per heavy atom. The average Bonchev–Trinajstić information content (AvgIpc) is 2.68. The number of nitrogens with zero attached hydrogens (tertiary/aromatic N) is 2. The van der Waals surface area contributed by atoms with E-state index in [-0.39, 0.29) is 0 Å². The first kappa shape index (κ1) is 12.8. The molecule has 1 heterocycles. The van der Waals surface area contributed by atoms with Gasteiger partial charge in [-0.25, -0.2) is 0 Å². The minimum absolute atomic E-state index is 0.432. The third kappa shape index (κ3) is 2.62. The molecule has 1 aliphatic heterocycles. The van der Waals surface area contributed by atoms with E-state index < -0.39 is 12.2 Å². The topological polar surface area (TPSA) is 76.7 Å². The van der Waals surface area contributed by atoms with Crippen molar-refractivity contribution in [2.45, 2.75) is 18.8 Å². The summed E-state index contributed by atoms with van der Waals surface area (Å²) in [5.74, 6) is 0.713. The molecule has 2 N–H and O–H groups in total. The molecule has 0 radical (unpaired) electrons. The second kappa shape index (κ2) is 5.36. The highest BCUT2D eigenvalue weighted by Gasteiger charge is 2.29. The second-order valence-electron chi connectivity index (χ2n) is 4.47. The Bertz CT molecular complexity index is 460. The van der Waals surface area contributed by atoms with Crippen molar-refractivity contribution < 1.29 is 14.9 Å². The molecule has 2 rings (SSSR count). The molecule has 1 saturated heterocycles. The summed E-state index contributed by atoms with van der Waals surface area (Å²) >= 11 is 0. The van der Waals surface area contributed by atoms with Crippen molar-refractivity contribution >= 4 is 0 Å². The lowest BCUT2D eigenvalue weighted by molar-refractivity contribution is 0.0572. The zero-order valence-corrected chi connectivity index (χ0v) is 10.2. The molecule has 0 amide bonds. The van der Waals surface area contributed by atoms with Crippen LogP contribution in [-0.4, -0.2) is 47.5 Å². The highest BCUT2D eigenvalue weighted by molar-refractivity contribution is 5.42. The Hall–Kier alpha value is -1.61. The summed E-state index contributed by atoms with van der Waals surface area (Å²) in [6.45, 7) is 1.41. The number of aliphatic hydroxyl groups is 2. The minimum Gasteiger partial charge on any atom is -0.496 e. The van der Waals surface area contributed by atoms with Crippen LogP contribution in [0.5, 0.6) is 5.75 Å². The summed E-state index contributed by atoms with van der Waals surface area (Å²) in [6, 6.07) is 7.33. The van der Waals surface area contributed by atoms with Crippen LogP contribution in [0.2, 0.25) is 0 Å². The number of hydrogen-bond donors (Lipinski definition) is 2. The molecule has 0 aromatic heterocycles. The predicted molar refractivity (Wildman–Crippen MR) is 65.0 cm³/mol. The number of rotatable bonds is 3. The van der Waals surface area contributed by atoms with Gasteiger partial charge in [0.25, 0.3) is 0 Å². The zero-order chi connectivity index (χ0) is 13.1. The fraction of sp³-hybridized carbons (Fsp3) is 0.462. The first-order valence-corrected chi connectivity index (χ1v) is 5.79. The molecule has 1 aromatic carbocycles. The molecule has 5 nitrogen and oxygen atoms in total. The zero-order valence-electron chi connectivity index (χ0n) is 10.2. The fourth-order valence-electron chi connectivity index (χ4n) is 2.19. The van der Waals surface area contributed by atoms with Crippen LogP contribution in [0.4, 0.5) is 0 Å². The number of β-amino-alcohol motifs (C(OH)–C–C–N with tert-alkyl or cyclic N) is 2. The van der Waals surface area contributed by atoms with Gasteiger partial charge >= 0.3 is 0 Å². The first-order chi connectivity index (χ1) is 8.63. The molecule has 2 unspecified atom stereocenters. The van der Waals surface area contributed by atoms with Gasteiger partial charge < -0.3 is 14.9 Å². The monoisotopic (exact) mass is 248 g/mol. The average molecular weight is 248 g/mol. The molecule has 96 valence electrons. The van der Waals surface area contributed by atoms with Crippen molar-refractivity contribution in [3.8, 4) is 11.8 Å². The van der Waals surface area contributed by atoms with Gasteiger partial charge in [0.05, 0.1) is 31.0 Å². The summed E-state index contributed by atoms with van der Waals surface area (Å²) in [4.78, 5) is 1.94. The molecule has 5 heteroatoms. The number of benzene rings is 1. The SMILES string of the molecule is COc1ccc(C#N)cc1CN1CC(O)C(O)C1. The van der Waals surface area contributed by atoms with Crippen LogP contribution in [0, 0.1) is 11.3 Å². The van der Waals surface area contributed by atoms with E-state index in [1.165, 1.54) is 0 Å². The molecular weight excluding hydrogens is 232 g/mol. The maximum Gasteiger partial charge on any atom is 0.123 e. The maximum atomic E-state index is 9.50. The van der Waals surface area contributed by atoms with Gasteiger partial charge in [-0.15, -0.1) is 0 Å². The van der Waals surface area contributed by atoms with Crippen LogP contribution < -0.4 is 4.74 Å². The Morgan fingerprint density at radius 1 is 1.39 bits per heavy atom. The molecule has 0 aliphatic carbocycles. The lowest BCUT2D eigenvalue weighted by Gasteiger charge is -2.17. The number of methoxy groups -OCH3 is 1. The molecule has 2 atom stereocenters. The number of hydrogen-bond acceptors (Lipinski definition) is 5. The van der Waals surface area contributed by atoms with Crippen LogP contribution >= 0.6 is 0 Å². The minimum atomic E-state index is -0.699. The van der Waals surface area contributed by atoms with E-state index in [9.17, 15) is 10.2 Å². The van der Waals surface area contributed by atoms with E-state index in [2.05, 4.69) is 6.07 Å². The molecule has 1 aromatic rings. The Kier molecular flexibility index (Phi) is 3.82. The quantitative estimate of drug-likeness (QED) is 0.793. The van der Waals surface area contributed by atoms with E-state index in [1.54, 1.807) is 25.3 Å². The third-order valence-corrected chi connectivity index (χ3v) is 3.14. The largest absolute Gasteiger partial charge is 0.496 e. The molecule has 0 spiro atoms. The number of nitriles is 1. The van der Waals surface area contributed by atoms with Gasteiger partial charge in [-0.2, -0.15) is 5.26 Å². The van der Waals surface area contributed by atoms with Gasteiger partial charge in [0, 0.05) is 25.2 Å². The molecular formula is C13H16N2O3. The van der Waals surface area contributed by atoms with Gasteiger partial charge in [0.15, 0.2) is 0 Å². The Balaban J connectivity index is 2.15. The van der Waals surface area contributed by atoms with Crippen molar-refractivity contribution in [3.05, 3.63) is 29.3 Å². The van der Waals surface area contributed by atoms with Crippen LogP contribution in [0.3, 0.4) is 0 Å². The fourth-order valence-corrected chi connectivity index (χ4v) is 2.19. The van der Waals surface area contributed by atoms with Crippen LogP contribution in [-0.2, 0) is 6.54 Å². The first-order valence-electron chi connectivity index (χ1n) is 5.79. The maximum absolute atomic E-state index is 9.50. The van der Waals surface area contributed by atoms with Crippen LogP contribution in [0.15, 0.2) is 18.2 Å². The summed E-state index contributed by atoms with van der Waals surface area (Å²) in [7, 11) is 1.58. The summed E-state index contributed by atoms with van der Waals surface area (Å²) in [6.07, 6.45) is -1.40. The van der Waals surface area contributed by atoms with Crippen LogP contribution in [0.25, 0.3) is 0 Å². The van der Waals surface area contributed by atoms with Crippen molar-refractivity contribution in [1.82, 2.24) is 4.90 Å². The highest BCUT2D eigenvalue weighted by atomic mass is 16.5. The van der Waals surface area contributed by atoms with Gasteiger partial charge in [-0.05, 0) is 18.2 Å². The summed E-state index contributed by atoms with van der Waals surface area (Å²) in [5.41, 5.74) is 1.46. The van der Waals surface area contributed by atoms with Crippen LogP contribution in [0.1, 0.15) is 11.1 Å². The van der Waals surface area contributed by atoms with E-state index >= 15 is 0 Å². The van der Waals surface area contributed by atoms with Crippen molar-refractivity contribution in [3.63, 3.8) is 0 Å². The normalized spacial score (nSPS) is 23.9. The van der Waals surface area contributed by atoms with Gasteiger partial charge in [0.1, 0.15) is 5.75 Å². The third-order valence-electron chi connectivity index (χ3n) is 3.14. The van der Waals surface area contributed by atoms with E-state index in [4.69, 9.17) is 10.00 Å².